The van der Waals surface area contributed by atoms with Gasteiger partial charge in [-0.1, -0.05) is 65.7 Å². The van der Waals surface area contributed by atoms with Crippen LogP contribution in [0.2, 0.25) is 0 Å². The van der Waals surface area contributed by atoms with Crippen molar-refractivity contribution in [3.05, 3.63) is 106 Å². The van der Waals surface area contributed by atoms with E-state index in [1.165, 1.54) is 17.2 Å². The summed E-state index contributed by atoms with van der Waals surface area (Å²) < 4.78 is 40.1. The van der Waals surface area contributed by atoms with Crippen LogP contribution in [0.4, 0.5) is 13.2 Å². The molecule has 192 valence electrons. The molecule has 3 rings (SSSR count). The molecule has 0 radical (unpaired) electrons. The molecule has 0 atom stereocenters. The van der Waals surface area contributed by atoms with Gasteiger partial charge in [-0.25, -0.2) is 0 Å². The molecule has 0 bridgehead atoms. The van der Waals surface area contributed by atoms with Gasteiger partial charge in [-0.05, 0) is 61.2 Å². The minimum Gasteiger partial charge on any atom is -0.481 e. The van der Waals surface area contributed by atoms with Gasteiger partial charge in [0.2, 0.25) is 0 Å². The molecule has 0 amide bonds. The van der Waals surface area contributed by atoms with Crippen LogP contribution in [0.1, 0.15) is 45.4 Å². The van der Waals surface area contributed by atoms with Gasteiger partial charge < -0.3 is 10.4 Å². The molecule has 2 N–H and O–H groups in total. The first-order valence-corrected chi connectivity index (χ1v) is 12.0. The zero-order valence-electron chi connectivity index (χ0n) is 20.7. The second-order valence-corrected chi connectivity index (χ2v) is 9.32. The first kappa shape index (κ1) is 27.4. The number of rotatable bonds is 12. The number of aryl methyl sites for hydroxylation is 2. The monoisotopic (exact) mass is 498 g/mol. The average molecular weight is 499 g/mol. The first-order chi connectivity index (χ1) is 17.1. The quantitative estimate of drug-likeness (QED) is 0.295. The van der Waals surface area contributed by atoms with E-state index in [0.29, 0.717) is 36.3 Å². The maximum Gasteiger partial charge on any atom is 0.416 e. The van der Waals surface area contributed by atoms with Crippen LogP contribution in [0, 0.1) is 13.8 Å². The highest BCUT2D eigenvalue weighted by Crippen LogP contribution is 2.31. The van der Waals surface area contributed by atoms with Crippen molar-refractivity contribution in [2.45, 2.75) is 52.5 Å². The van der Waals surface area contributed by atoms with E-state index in [-0.39, 0.29) is 6.42 Å². The van der Waals surface area contributed by atoms with E-state index >= 15 is 0 Å². The smallest absolute Gasteiger partial charge is 0.416 e. The van der Waals surface area contributed by atoms with Crippen LogP contribution in [0.15, 0.2) is 66.7 Å². The number of nitrogens with zero attached hydrogens (tertiary/aromatic N) is 1. The van der Waals surface area contributed by atoms with Gasteiger partial charge in [0, 0.05) is 26.2 Å². The summed E-state index contributed by atoms with van der Waals surface area (Å²) in [6.45, 7) is 6.81. The molecular formula is C29H33F3N2O2. The Morgan fingerprint density at radius 1 is 0.861 bits per heavy atom. The van der Waals surface area contributed by atoms with Crippen LogP contribution >= 0.6 is 0 Å². The van der Waals surface area contributed by atoms with Crippen molar-refractivity contribution in [1.82, 2.24) is 10.2 Å². The topological polar surface area (TPSA) is 52.6 Å². The molecule has 0 spiro atoms. The molecule has 0 aromatic heterocycles. The molecule has 0 aliphatic carbocycles. The molecule has 3 aromatic rings. The molecule has 0 heterocycles. The highest BCUT2D eigenvalue weighted by Gasteiger charge is 2.31. The zero-order chi connectivity index (χ0) is 26.1. The van der Waals surface area contributed by atoms with Crippen LogP contribution in [0.3, 0.4) is 0 Å². The third kappa shape index (κ3) is 9.13. The van der Waals surface area contributed by atoms with Gasteiger partial charge >= 0.3 is 12.1 Å². The number of carboxylic acid groups (broad SMARTS) is 1. The summed E-state index contributed by atoms with van der Waals surface area (Å²) in [5.41, 5.74) is 4.60. The molecule has 0 unspecified atom stereocenters. The summed E-state index contributed by atoms with van der Waals surface area (Å²) in [6, 6.07) is 19.9. The number of aliphatic carboxylic acids is 1. The second kappa shape index (κ2) is 12.7. The Balaban J connectivity index is 1.68. The highest BCUT2D eigenvalue weighted by molar-refractivity contribution is 5.70. The number of hydrogen-bond donors (Lipinski definition) is 2. The highest BCUT2D eigenvalue weighted by atomic mass is 19.4. The molecule has 0 saturated carbocycles. The van der Waals surface area contributed by atoms with Gasteiger partial charge in [-0.15, -0.1) is 0 Å². The van der Waals surface area contributed by atoms with E-state index in [4.69, 9.17) is 5.11 Å². The van der Waals surface area contributed by atoms with Gasteiger partial charge in [0.25, 0.3) is 0 Å². The summed E-state index contributed by atoms with van der Waals surface area (Å²) in [6.07, 6.45) is -3.64. The fourth-order valence-electron chi connectivity index (χ4n) is 4.23. The molecule has 7 heteroatoms. The van der Waals surface area contributed by atoms with E-state index in [2.05, 4.69) is 41.4 Å². The predicted molar refractivity (Wildman–Crippen MR) is 136 cm³/mol. The second-order valence-electron chi connectivity index (χ2n) is 9.32. The molecule has 36 heavy (non-hydrogen) atoms. The number of hydrogen-bond acceptors (Lipinski definition) is 3. The molecule has 4 nitrogen and oxygen atoms in total. The number of nitrogens with one attached hydrogen (secondary N) is 1. The largest absolute Gasteiger partial charge is 0.481 e. The summed E-state index contributed by atoms with van der Waals surface area (Å²) >= 11 is 0. The third-order valence-electron chi connectivity index (χ3n) is 5.90. The van der Waals surface area contributed by atoms with Gasteiger partial charge in [-0.3, -0.25) is 9.69 Å². The van der Waals surface area contributed by atoms with Gasteiger partial charge in [0.05, 0.1) is 12.0 Å². The molecule has 0 fully saturated rings. The van der Waals surface area contributed by atoms with Crippen LogP contribution in [0.5, 0.6) is 0 Å². The Kier molecular flexibility index (Phi) is 9.67. The lowest BCUT2D eigenvalue weighted by Crippen LogP contribution is -2.27. The van der Waals surface area contributed by atoms with Crippen molar-refractivity contribution in [3.8, 4) is 0 Å². The molecular weight excluding hydrogens is 465 g/mol. The maximum atomic E-state index is 13.4. The fourth-order valence-corrected chi connectivity index (χ4v) is 4.23. The molecule has 0 aliphatic heterocycles. The van der Waals surface area contributed by atoms with Crippen molar-refractivity contribution in [2.24, 2.45) is 0 Å². The van der Waals surface area contributed by atoms with E-state index in [9.17, 15) is 18.0 Å². The van der Waals surface area contributed by atoms with Crippen LogP contribution in [0.25, 0.3) is 0 Å². The Hall–Kier alpha value is -3.16. The number of alkyl halides is 3. The summed E-state index contributed by atoms with van der Waals surface area (Å²) in [4.78, 5) is 13.2. The number of carbonyl (C=O) groups is 1. The van der Waals surface area contributed by atoms with Gasteiger partial charge in [0.15, 0.2) is 0 Å². The summed E-state index contributed by atoms with van der Waals surface area (Å²) in [7, 11) is 0. The Morgan fingerprint density at radius 3 is 2.25 bits per heavy atom. The normalized spacial score (nSPS) is 11.7. The van der Waals surface area contributed by atoms with Crippen molar-refractivity contribution < 1.29 is 23.1 Å². The number of benzene rings is 3. The van der Waals surface area contributed by atoms with Gasteiger partial charge in [0.1, 0.15) is 0 Å². The predicted octanol–water partition coefficient (Wildman–Crippen LogP) is 6.13. The fraction of sp³-hybridized carbons (Fsp3) is 0.345. The lowest BCUT2D eigenvalue weighted by atomic mass is 10.0. The minimum absolute atomic E-state index is 0.0659. The van der Waals surface area contributed by atoms with Crippen LogP contribution < -0.4 is 5.32 Å². The lowest BCUT2D eigenvalue weighted by Gasteiger charge is -2.24. The Bertz CT molecular complexity index is 1140. The maximum absolute atomic E-state index is 13.4. The van der Waals surface area contributed by atoms with E-state index in [0.717, 1.165) is 31.1 Å². The molecule has 0 saturated heterocycles. The van der Waals surface area contributed by atoms with Crippen molar-refractivity contribution in [3.63, 3.8) is 0 Å². The molecule has 0 aliphatic rings. The van der Waals surface area contributed by atoms with Crippen LogP contribution in [-0.2, 0) is 37.0 Å². The lowest BCUT2D eigenvalue weighted by molar-refractivity contribution is -0.138. The third-order valence-corrected chi connectivity index (χ3v) is 5.90. The molecule has 3 aromatic carbocycles. The first-order valence-electron chi connectivity index (χ1n) is 12.0. The van der Waals surface area contributed by atoms with Crippen molar-refractivity contribution in [1.29, 1.82) is 0 Å². The summed E-state index contributed by atoms with van der Waals surface area (Å²) in [5.74, 6) is -0.900. The average Bonchev–Trinajstić information content (AvgIpc) is 2.79. The van der Waals surface area contributed by atoms with Crippen molar-refractivity contribution >= 4 is 5.97 Å². The number of carboxylic acids is 1. The van der Waals surface area contributed by atoms with E-state index in [1.807, 2.05) is 18.2 Å². The van der Waals surface area contributed by atoms with E-state index < -0.39 is 17.7 Å². The van der Waals surface area contributed by atoms with Crippen molar-refractivity contribution in [2.75, 3.05) is 13.1 Å². The minimum atomic E-state index is -4.39. The Morgan fingerprint density at radius 2 is 1.56 bits per heavy atom. The van der Waals surface area contributed by atoms with E-state index in [1.54, 1.807) is 19.1 Å². The van der Waals surface area contributed by atoms with Gasteiger partial charge in [-0.2, -0.15) is 13.2 Å². The summed E-state index contributed by atoms with van der Waals surface area (Å²) in [5, 5.41) is 12.5. The Labute approximate surface area is 210 Å². The zero-order valence-corrected chi connectivity index (χ0v) is 20.7. The van der Waals surface area contributed by atoms with Crippen LogP contribution in [-0.4, -0.2) is 29.1 Å². The standard InChI is InChI=1S/C29H33F3N2O2/c1-21-7-9-23(10-8-21)18-33-11-4-12-34(19-25-6-3-5-24(15-25)17-28(35)36)20-26-13-22(2)14-27(16-26)29(30,31)32/h3,5-10,13-16,33H,4,11-12,17-20H2,1-2H3,(H,35,36). The number of halogens is 3. The SMILES string of the molecule is Cc1ccc(CNCCCN(Cc2cccc(CC(=O)O)c2)Cc2cc(C)cc(C(F)(F)F)c2)cc1.